The van der Waals surface area contributed by atoms with Gasteiger partial charge >= 0.3 is 0 Å². The first-order valence-electron chi connectivity index (χ1n) is 11.3. The molecule has 166 valence electrons. The van der Waals surface area contributed by atoms with Crippen molar-refractivity contribution in [3.05, 3.63) is 64.7 Å². The maximum Gasteiger partial charge on any atom is 0.255 e. The summed E-state index contributed by atoms with van der Waals surface area (Å²) in [6.07, 6.45) is 1.15. The Morgan fingerprint density at radius 1 is 1.00 bits per heavy atom. The highest BCUT2D eigenvalue weighted by Gasteiger charge is 2.55. The lowest BCUT2D eigenvalue weighted by Gasteiger charge is -2.16. The highest BCUT2D eigenvalue weighted by molar-refractivity contribution is 6.03. The van der Waals surface area contributed by atoms with Gasteiger partial charge in [-0.15, -0.1) is 0 Å². The molecule has 2 saturated carbocycles. The van der Waals surface area contributed by atoms with Crippen molar-refractivity contribution in [3.8, 4) is 5.75 Å². The zero-order valence-electron chi connectivity index (χ0n) is 17.6. The molecule has 2 N–H and O–H groups in total. The summed E-state index contributed by atoms with van der Waals surface area (Å²) in [6, 6.07) is 13.2. The summed E-state index contributed by atoms with van der Waals surface area (Å²) >= 11 is 0. The molecule has 2 aliphatic heterocycles. The fourth-order valence-corrected chi connectivity index (χ4v) is 5.09. The minimum atomic E-state index is -0.738. The van der Waals surface area contributed by atoms with Crippen molar-refractivity contribution in [2.75, 3.05) is 19.9 Å². The van der Waals surface area contributed by atoms with Gasteiger partial charge < -0.3 is 20.1 Å². The van der Waals surface area contributed by atoms with Crippen molar-refractivity contribution in [2.45, 2.75) is 36.9 Å². The Morgan fingerprint density at radius 2 is 1.75 bits per heavy atom. The summed E-state index contributed by atoms with van der Waals surface area (Å²) in [7, 11) is 0. The van der Waals surface area contributed by atoms with Gasteiger partial charge in [0, 0.05) is 35.0 Å². The number of hydrogen-bond acceptors (Lipinski definition) is 4. The van der Waals surface area contributed by atoms with Crippen LogP contribution in [-0.2, 0) is 4.74 Å². The van der Waals surface area contributed by atoms with Crippen molar-refractivity contribution < 1.29 is 23.5 Å². The van der Waals surface area contributed by atoms with Crippen LogP contribution in [0.1, 0.15) is 50.6 Å². The molecule has 0 radical (unpaired) electrons. The highest BCUT2D eigenvalue weighted by atomic mass is 19.1. The second kappa shape index (κ2) is 7.59. The maximum atomic E-state index is 14.0. The van der Waals surface area contributed by atoms with Gasteiger partial charge in [-0.3, -0.25) is 9.59 Å². The van der Waals surface area contributed by atoms with E-state index in [2.05, 4.69) is 10.6 Å². The van der Waals surface area contributed by atoms with Crippen molar-refractivity contribution in [1.82, 2.24) is 10.6 Å². The molecular formula is C25H25FN2O4. The Kier molecular flexibility index (Phi) is 4.68. The van der Waals surface area contributed by atoms with E-state index in [0.717, 1.165) is 18.4 Å². The first-order chi connectivity index (χ1) is 15.6. The average Bonchev–Trinajstić information content (AvgIpc) is 3.63. The Balaban J connectivity index is 1.38. The SMILES string of the molecule is O=C(N[C@H]1[C@@H]2COC[C@@H]21)c1cc(C(=O)NC2CC2)c2c(c1)[C@H](c1ccccc1)[C@@H](CF)O2. The number of benzene rings is 2. The molecule has 2 heterocycles. The molecule has 6 nitrogen and oxygen atoms in total. The van der Waals surface area contributed by atoms with E-state index in [1.165, 1.54) is 0 Å². The molecule has 0 aromatic heterocycles. The molecule has 2 aromatic rings. The van der Waals surface area contributed by atoms with Crippen LogP contribution in [0.25, 0.3) is 0 Å². The summed E-state index contributed by atoms with van der Waals surface area (Å²) in [6.45, 7) is 0.665. The lowest BCUT2D eigenvalue weighted by Crippen LogP contribution is -2.31. The van der Waals surface area contributed by atoms with Gasteiger partial charge in [-0.1, -0.05) is 30.3 Å². The molecule has 4 aliphatic rings. The van der Waals surface area contributed by atoms with Gasteiger partial charge in [-0.25, -0.2) is 4.39 Å². The van der Waals surface area contributed by atoms with Crippen LogP contribution in [0.3, 0.4) is 0 Å². The molecule has 32 heavy (non-hydrogen) atoms. The largest absolute Gasteiger partial charge is 0.486 e. The third-order valence-corrected chi connectivity index (χ3v) is 7.07. The normalized spacial score (nSPS) is 29.6. The third kappa shape index (κ3) is 3.35. The number of amides is 2. The van der Waals surface area contributed by atoms with Gasteiger partial charge in [0.05, 0.1) is 24.7 Å². The number of halogens is 1. The predicted molar refractivity (Wildman–Crippen MR) is 115 cm³/mol. The predicted octanol–water partition coefficient (Wildman–Crippen LogP) is 2.82. The number of nitrogens with one attached hydrogen (secondary N) is 2. The van der Waals surface area contributed by atoms with Crippen molar-refractivity contribution in [3.63, 3.8) is 0 Å². The van der Waals surface area contributed by atoms with Gasteiger partial charge in [-0.2, -0.15) is 0 Å². The van der Waals surface area contributed by atoms with Crippen LogP contribution in [0, 0.1) is 11.8 Å². The van der Waals surface area contributed by atoms with E-state index in [0.29, 0.717) is 47.5 Å². The van der Waals surface area contributed by atoms with Crippen LogP contribution in [0.5, 0.6) is 5.75 Å². The van der Waals surface area contributed by atoms with E-state index in [-0.39, 0.29) is 29.8 Å². The van der Waals surface area contributed by atoms with Crippen LogP contribution < -0.4 is 15.4 Å². The van der Waals surface area contributed by atoms with E-state index in [4.69, 9.17) is 9.47 Å². The number of carbonyl (C=O) groups excluding carboxylic acids is 2. The molecule has 6 rings (SSSR count). The average molecular weight is 436 g/mol. The van der Waals surface area contributed by atoms with Crippen LogP contribution in [0.15, 0.2) is 42.5 Å². The zero-order chi connectivity index (χ0) is 21.8. The molecule has 1 saturated heterocycles. The van der Waals surface area contributed by atoms with E-state index in [1.54, 1.807) is 12.1 Å². The standard InChI is InChI=1S/C25H25FN2O4/c26-10-20-21(13-4-2-1-3-5-13)16-8-14(24(29)28-22-18-11-31-12-19(18)22)9-17(23(16)32-20)25(30)27-15-6-7-15/h1-5,8-9,15,18-22H,6-7,10-12H2,(H,27,30)(H,28,29)/t18-,19+,20-,21+,22+/m1/s1. The number of hydrogen-bond donors (Lipinski definition) is 2. The summed E-state index contributed by atoms with van der Waals surface area (Å²) in [5.74, 6) is 0.257. The smallest absolute Gasteiger partial charge is 0.255 e. The lowest BCUT2D eigenvalue weighted by molar-refractivity contribution is 0.0928. The van der Waals surface area contributed by atoms with Crippen LogP contribution in [0.4, 0.5) is 4.39 Å². The van der Waals surface area contributed by atoms with E-state index >= 15 is 0 Å². The van der Waals surface area contributed by atoms with Gasteiger partial charge in [0.1, 0.15) is 18.5 Å². The zero-order valence-corrected chi connectivity index (χ0v) is 17.6. The minimum Gasteiger partial charge on any atom is -0.486 e. The molecular weight excluding hydrogens is 411 g/mol. The minimum absolute atomic E-state index is 0.119. The van der Waals surface area contributed by atoms with Gasteiger partial charge in [0.25, 0.3) is 11.8 Å². The summed E-state index contributed by atoms with van der Waals surface area (Å²) < 4.78 is 25.4. The molecule has 0 bridgehead atoms. The van der Waals surface area contributed by atoms with Gasteiger partial charge in [-0.05, 0) is 30.5 Å². The van der Waals surface area contributed by atoms with Crippen LogP contribution in [0.2, 0.25) is 0 Å². The Bertz CT molecular complexity index is 1060. The summed E-state index contributed by atoms with van der Waals surface area (Å²) in [5.41, 5.74) is 2.29. The number of carbonyl (C=O) groups is 2. The van der Waals surface area contributed by atoms with Crippen molar-refractivity contribution in [2.24, 2.45) is 11.8 Å². The Morgan fingerprint density at radius 3 is 2.44 bits per heavy atom. The number of ether oxygens (including phenoxy) is 2. The second-order valence-corrected chi connectivity index (χ2v) is 9.25. The van der Waals surface area contributed by atoms with Crippen molar-refractivity contribution in [1.29, 1.82) is 0 Å². The highest BCUT2D eigenvalue weighted by Crippen LogP contribution is 2.46. The number of alkyl halides is 1. The second-order valence-electron chi connectivity index (χ2n) is 9.25. The van der Waals surface area contributed by atoms with Crippen LogP contribution in [-0.4, -0.2) is 49.9 Å². The van der Waals surface area contributed by atoms with Crippen molar-refractivity contribution >= 4 is 11.8 Å². The maximum absolute atomic E-state index is 14.0. The molecule has 2 aliphatic carbocycles. The first-order valence-corrected chi connectivity index (χ1v) is 11.3. The van der Waals surface area contributed by atoms with E-state index < -0.39 is 12.8 Å². The number of rotatable bonds is 6. The molecule has 5 atom stereocenters. The van der Waals surface area contributed by atoms with E-state index in [9.17, 15) is 14.0 Å². The number of fused-ring (bicyclic) bond motifs is 2. The lowest BCUT2D eigenvalue weighted by atomic mass is 9.86. The summed E-state index contributed by atoms with van der Waals surface area (Å²) in [5, 5.41) is 6.07. The quantitative estimate of drug-likeness (QED) is 0.730. The third-order valence-electron chi connectivity index (χ3n) is 7.07. The molecule has 2 aromatic carbocycles. The van der Waals surface area contributed by atoms with Gasteiger partial charge in [0.2, 0.25) is 0 Å². The topological polar surface area (TPSA) is 76.7 Å². The Labute approximate surface area is 185 Å². The van der Waals surface area contributed by atoms with E-state index in [1.807, 2.05) is 30.3 Å². The molecule has 0 unspecified atom stereocenters. The van der Waals surface area contributed by atoms with Gasteiger partial charge in [0.15, 0.2) is 0 Å². The van der Waals surface area contributed by atoms with Crippen LogP contribution >= 0.6 is 0 Å². The molecule has 0 spiro atoms. The molecule has 3 fully saturated rings. The summed E-state index contributed by atoms with van der Waals surface area (Å²) in [4.78, 5) is 26.2. The Hall–Kier alpha value is -2.93. The first kappa shape index (κ1) is 19.7. The monoisotopic (exact) mass is 436 g/mol. The fourth-order valence-electron chi connectivity index (χ4n) is 5.09. The fraction of sp³-hybridized carbons (Fsp3) is 0.440. The molecule has 2 amide bonds. The molecule has 7 heteroatoms.